The largest absolute Gasteiger partial charge is 0.340 e. The quantitative estimate of drug-likeness (QED) is 0.443. The van der Waals surface area contributed by atoms with Gasteiger partial charge in [-0.15, -0.1) is 5.06 Å². The van der Waals surface area contributed by atoms with E-state index in [1.807, 2.05) is 0 Å². The van der Waals surface area contributed by atoms with Gasteiger partial charge in [-0.25, -0.2) is 4.79 Å². The summed E-state index contributed by atoms with van der Waals surface area (Å²) >= 11 is 0. The lowest BCUT2D eigenvalue weighted by molar-refractivity contribution is -0.197. The fourth-order valence-electron chi connectivity index (χ4n) is 2.16. The number of Topliss-reactive ketones (excluding diaryl/α,β-unsaturated/α-hetero) is 2. The molecule has 2 aliphatic rings. The molecule has 0 aromatic carbocycles. The first-order valence-corrected chi connectivity index (χ1v) is 9.70. The van der Waals surface area contributed by atoms with E-state index in [4.69, 9.17) is 0 Å². The van der Waals surface area contributed by atoms with E-state index in [0.29, 0.717) is 5.06 Å². The van der Waals surface area contributed by atoms with Crippen LogP contribution < -0.4 is 0 Å². The van der Waals surface area contributed by atoms with Crippen molar-refractivity contribution in [1.82, 2.24) is 9.96 Å². The number of amides is 4. The number of hydrogen-bond acceptors (Lipinski definition) is 8. The third-order valence-electron chi connectivity index (χ3n) is 4.38. The molecule has 4 amide bonds. The van der Waals surface area contributed by atoms with Crippen LogP contribution in [0.3, 0.4) is 0 Å². The molecule has 0 aromatic heterocycles. The zero-order valence-electron chi connectivity index (χ0n) is 18.6. The van der Waals surface area contributed by atoms with Gasteiger partial charge >= 0.3 is 5.97 Å². The molecule has 0 spiro atoms. The average Bonchev–Trinajstić information content (AvgIpc) is 3.10. The zero-order valence-corrected chi connectivity index (χ0v) is 18.6. The van der Waals surface area contributed by atoms with Crippen LogP contribution in [0.15, 0.2) is 12.2 Å². The van der Waals surface area contributed by atoms with Gasteiger partial charge in [0.2, 0.25) is 0 Å². The minimum atomic E-state index is -0.881. The highest BCUT2D eigenvalue weighted by Gasteiger charge is 2.34. The van der Waals surface area contributed by atoms with Gasteiger partial charge in [0, 0.05) is 35.8 Å². The summed E-state index contributed by atoms with van der Waals surface area (Å²) in [6, 6.07) is 0. The van der Waals surface area contributed by atoms with Crippen molar-refractivity contribution < 1.29 is 38.4 Å². The molecule has 10 heteroatoms. The molecule has 186 valence electrons. The molecule has 0 N–H and O–H groups in total. The normalized spacial score (nSPS) is 15.5. The van der Waals surface area contributed by atoms with Gasteiger partial charge in [-0.2, -0.15) is 0 Å². The van der Waals surface area contributed by atoms with Crippen LogP contribution in [0.5, 0.6) is 0 Å². The minimum absolute atomic E-state index is 0. The number of imide groups is 2. The average molecular weight is 469 g/mol. The molecule has 33 heavy (non-hydrogen) atoms. The van der Waals surface area contributed by atoms with Crippen molar-refractivity contribution in [2.75, 3.05) is 6.54 Å². The number of carbonyl (C=O) groups excluding carboxylic acids is 7. The molecule has 2 rings (SSSR count). The number of carbonyl (C=O) groups is 7. The van der Waals surface area contributed by atoms with E-state index in [0.717, 1.165) is 4.90 Å². The third kappa shape index (κ3) is 9.46. The van der Waals surface area contributed by atoms with E-state index in [1.54, 1.807) is 41.5 Å². The first-order chi connectivity index (χ1) is 14.0. The van der Waals surface area contributed by atoms with Crippen molar-refractivity contribution >= 4 is 41.2 Å². The predicted octanol–water partition coefficient (Wildman–Crippen LogP) is 2.40. The number of nitrogens with zero attached hydrogens (tertiary/aromatic N) is 2. The van der Waals surface area contributed by atoms with Crippen LogP contribution in [-0.2, 0) is 38.4 Å². The molecule has 10 nitrogen and oxygen atoms in total. The standard InChI is InChI=1S/C11H15NO5.C10H13NO3.2CH4/c1-11(2,3)7(13)6-10(16)17-12-8(14)4-5-9(12)15;1-10(2,3)7(12)6-11-8(13)4-5-9(11)14;;/h4-6H2,1-3H3;4-5H,6H2,1-3H3;2*1H4. The molecule has 1 saturated heterocycles. The van der Waals surface area contributed by atoms with Crippen molar-refractivity contribution in [2.45, 2.75) is 75.7 Å². The Morgan fingerprint density at radius 1 is 0.788 bits per heavy atom. The molecule has 0 saturated carbocycles. The monoisotopic (exact) mass is 468 g/mol. The Morgan fingerprint density at radius 3 is 1.55 bits per heavy atom. The van der Waals surface area contributed by atoms with Gasteiger partial charge < -0.3 is 4.84 Å². The summed E-state index contributed by atoms with van der Waals surface area (Å²) < 4.78 is 0. The van der Waals surface area contributed by atoms with E-state index < -0.39 is 46.8 Å². The maximum absolute atomic E-state index is 11.5. The molecular formula is C23H36N2O8. The molecule has 0 radical (unpaired) electrons. The minimum Gasteiger partial charge on any atom is -0.330 e. The lowest BCUT2D eigenvalue weighted by Gasteiger charge is -2.20. The lowest BCUT2D eigenvalue weighted by atomic mass is 9.89. The van der Waals surface area contributed by atoms with Crippen molar-refractivity contribution in [1.29, 1.82) is 0 Å². The second-order valence-corrected chi connectivity index (χ2v) is 9.16. The fraction of sp³-hybridized carbons (Fsp3) is 0.609. The summed E-state index contributed by atoms with van der Waals surface area (Å²) in [6.07, 6.45) is 2.00. The van der Waals surface area contributed by atoms with Crippen LogP contribution >= 0.6 is 0 Å². The van der Waals surface area contributed by atoms with Crippen molar-refractivity contribution in [3.63, 3.8) is 0 Å². The molecule has 0 unspecified atom stereocenters. The van der Waals surface area contributed by atoms with Crippen LogP contribution in [0.2, 0.25) is 0 Å². The topological polar surface area (TPSA) is 135 Å². The number of rotatable bonds is 5. The summed E-state index contributed by atoms with van der Waals surface area (Å²) in [7, 11) is 0. The molecule has 2 heterocycles. The Morgan fingerprint density at radius 2 is 1.18 bits per heavy atom. The molecule has 0 atom stereocenters. The van der Waals surface area contributed by atoms with Crippen LogP contribution in [0, 0.1) is 10.8 Å². The van der Waals surface area contributed by atoms with Crippen LogP contribution in [-0.4, -0.2) is 57.7 Å². The number of hydrogen-bond donors (Lipinski definition) is 0. The van der Waals surface area contributed by atoms with Gasteiger partial charge in [-0.1, -0.05) is 56.4 Å². The van der Waals surface area contributed by atoms with E-state index in [-0.39, 0.29) is 45.8 Å². The fourth-order valence-corrected chi connectivity index (χ4v) is 2.16. The first-order valence-electron chi connectivity index (χ1n) is 9.70. The number of ketones is 2. The summed E-state index contributed by atoms with van der Waals surface area (Å²) in [4.78, 5) is 84.5. The maximum atomic E-state index is 11.5. The van der Waals surface area contributed by atoms with Crippen LogP contribution in [0.25, 0.3) is 0 Å². The maximum Gasteiger partial charge on any atom is 0.340 e. The molecule has 1 fully saturated rings. The Bertz CT molecular complexity index is 810. The Kier molecular flexibility index (Phi) is 11.8. The summed E-state index contributed by atoms with van der Waals surface area (Å²) in [5, 5.41) is 0.443. The summed E-state index contributed by atoms with van der Waals surface area (Å²) in [5.74, 6) is -3.23. The Balaban J connectivity index is 0. The van der Waals surface area contributed by atoms with E-state index in [9.17, 15) is 33.6 Å². The molecule has 0 aromatic rings. The molecular weight excluding hydrogens is 432 g/mol. The second-order valence-electron chi connectivity index (χ2n) is 9.16. The highest BCUT2D eigenvalue weighted by Crippen LogP contribution is 2.19. The van der Waals surface area contributed by atoms with Gasteiger partial charge in [0.25, 0.3) is 23.6 Å². The van der Waals surface area contributed by atoms with Gasteiger partial charge in [-0.05, 0) is 0 Å². The Hall–Kier alpha value is -3.17. The predicted molar refractivity (Wildman–Crippen MR) is 120 cm³/mol. The van der Waals surface area contributed by atoms with Gasteiger partial charge in [0.05, 0.1) is 6.54 Å². The molecule has 0 aliphatic carbocycles. The highest BCUT2D eigenvalue weighted by atomic mass is 16.7. The highest BCUT2D eigenvalue weighted by molar-refractivity contribution is 6.14. The van der Waals surface area contributed by atoms with E-state index >= 15 is 0 Å². The lowest BCUT2D eigenvalue weighted by Crippen LogP contribution is -2.39. The van der Waals surface area contributed by atoms with Crippen molar-refractivity contribution in [3.05, 3.63) is 12.2 Å². The SMILES string of the molecule is C.C.CC(C)(C)C(=O)CC(=O)ON1C(=O)CCC1=O.CC(C)(C)C(=O)CN1C(=O)C=CC1=O. The summed E-state index contributed by atoms with van der Waals surface area (Å²) in [5.41, 5.74) is -1.18. The first kappa shape index (κ1) is 32.0. The van der Waals surface area contributed by atoms with Gasteiger partial charge in [0.15, 0.2) is 5.78 Å². The molecule has 2 aliphatic heterocycles. The van der Waals surface area contributed by atoms with Crippen LogP contribution in [0.1, 0.15) is 75.7 Å². The van der Waals surface area contributed by atoms with E-state index in [1.165, 1.54) is 12.2 Å². The number of hydroxylamine groups is 2. The van der Waals surface area contributed by atoms with E-state index in [2.05, 4.69) is 4.84 Å². The molecule has 0 bridgehead atoms. The Labute approximate surface area is 195 Å². The summed E-state index contributed by atoms with van der Waals surface area (Å²) in [6.45, 7) is 10.2. The smallest absolute Gasteiger partial charge is 0.330 e. The third-order valence-corrected chi connectivity index (χ3v) is 4.38. The van der Waals surface area contributed by atoms with Gasteiger partial charge in [-0.3, -0.25) is 33.7 Å². The van der Waals surface area contributed by atoms with Gasteiger partial charge in [0.1, 0.15) is 12.2 Å². The second kappa shape index (κ2) is 12.2. The van der Waals surface area contributed by atoms with Crippen molar-refractivity contribution in [2.24, 2.45) is 10.8 Å². The van der Waals surface area contributed by atoms with Crippen LogP contribution in [0.4, 0.5) is 0 Å². The zero-order chi connectivity index (χ0) is 24.1. The van der Waals surface area contributed by atoms with Crippen molar-refractivity contribution in [3.8, 4) is 0 Å².